The zero-order valence-electron chi connectivity index (χ0n) is 14.1. The number of aromatic amines is 1. The van der Waals surface area contributed by atoms with Gasteiger partial charge in [-0.25, -0.2) is 13.1 Å². The van der Waals surface area contributed by atoms with Crippen LogP contribution < -0.4 is 15.6 Å². The number of nitrogens with one attached hydrogen (secondary N) is 3. The predicted molar refractivity (Wildman–Crippen MR) is 95.6 cm³/mol. The summed E-state index contributed by atoms with van der Waals surface area (Å²) in [4.78, 5) is 25.4. The Morgan fingerprint density at radius 2 is 1.72 bits per heavy atom. The monoisotopic (exact) mass is 363 g/mol. The average molecular weight is 363 g/mol. The van der Waals surface area contributed by atoms with Crippen molar-refractivity contribution in [2.75, 3.05) is 0 Å². The van der Waals surface area contributed by atoms with Gasteiger partial charge in [0, 0.05) is 24.8 Å². The van der Waals surface area contributed by atoms with E-state index < -0.39 is 10.0 Å². The first-order valence-corrected chi connectivity index (χ1v) is 9.45. The van der Waals surface area contributed by atoms with E-state index in [2.05, 4.69) is 15.0 Å². The number of rotatable bonds is 7. The Balaban J connectivity index is 1.93. The molecule has 0 aliphatic heterocycles. The van der Waals surface area contributed by atoms with Crippen LogP contribution in [0, 0.1) is 0 Å². The standard InChI is InChI=1S/C17H21N3O4S/c1-12(2)20-25(23,24)11-14-5-3-13(4-6-14)9-19-17(22)15-7-8-16(21)18-10-15/h3-8,10,12,20H,9,11H2,1-2H3,(H,18,21)(H,19,22). The lowest BCUT2D eigenvalue weighted by Gasteiger charge is -2.10. The predicted octanol–water partition coefficient (Wildman–Crippen LogP) is 1.13. The highest BCUT2D eigenvalue weighted by Gasteiger charge is 2.13. The molecule has 3 N–H and O–H groups in total. The quantitative estimate of drug-likeness (QED) is 0.685. The van der Waals surface area contributed by atoms with Crippen LogP contribution in [0.3, 0.4) is 0 Å². The van der Waals surface area contributed by atoms with Gasteiger partial charge in [0.1, 0.15) is 0 Å². The van der Waals surface area contributed by atoms with Gasteiger partial charge in [0.15, 0.2) is 0 Å². The number of sulfonamides is 1. The highest BCUT2D eigenvalue weighted by Crippen LogP contribution is 2.08. The van der Waals surface area contributed by atoms with Crippen molar-refractivity contribution in [1.82, 2.24) is 15.0 Å². The normalized spacial score (nSPS) is 11.5. The van der Waals surface area contributed by atoms with Crippen LogP contribution in [-0.2, 0) is 22.3 Å². The summed E-state index contributed by atoms with van der Waals surface area (Å²) >= 11 is 0. The maximum Gasteiger partial charge on any atom is 0.253 e. The van der Waals surface area contributed by atoms with Gasteiger partial charge in [-0.3, -0.25) is 9.59 Å². The van der Waals surface area contributed by atoms with E-state index in [0.717, 1.165) is 5.56 Å². The van der Waals surface area contributed by atoms with Crippen molar-refractivity contribution < 1.29 is 13.2 Å². The van der Waals surface area contributed by atoms with Crippen LogP contribution in [0.25, 0.3) is 0 Å². The van der Waals surface area contributed by atoms with Crippen LogP contribution in [0.1, 0.15) is 35.3 Å². The van der Waals surface area contributed by atoms with Crippen molar-refractivity contribution >= 4 is 15.9 Å². The van der Waals surface area contributed by atoms with E-state index >= 15 is 0 Å². The van der Waals surface area contributed by atoms with Crippen molar-refractivity contribution in [2.24, 2.45) is 0 Å². The molecule has 1 aromatic heterocycles. The van der Waals surface area contributed by atoms with Gasteiger partial charge < -0.3 is 10.3 Å². The number of carbonyl (C=O) groups excluding carboxylic acids is 1. The number of pyridine rings is 1. The molecule has 0 aliphatic rings. The minimum atomic E-state index is -3.36. The van der Waals surface area contributed by atoms with Gasteiger partial charge in [0.2, 0.25) is 15.6 Å². The molecule has 0 saturated heterocycles. The first-order valence-electron chi connectivity index (χ1n) is 7.80. The summed E-state index contributed by atoms with van der Waals surface area (Å²) in [7, 11) is -3.36. The maximum atomic E-state index is 12.0. The summed E-state index contributed by atoms with van der Waals surface area (Å²) in [6.45, 7) is 3.84. The Labute approximate surface area is 146 Å². The van der Waals surface area contributed by atoms with Crippen LogP contribution in [0.5, 0.6) is 0 Å². The molecule has 0 bridgehead atoms. The molecule has 134 valence electrons. The van der Waals surface area contributed by atoms with Crippen LogP contribution in [0.4, 0.5) is 0 Å². The minimum Gasteiger partial charge on any atom is -0.348 e. The molecule has 0 fully saturated rings. The molecule has 2 aromatic rings. The number of amides is 1. The van der Waals surface area contributed by atoms with E-state index in [1.807, 2.05) is 0 Å². The molecule has 8 heteroatoms. The van der Waals surface area contributed by atoms with Crippen molar-refractivity contribution in [3.05, 3.63) is 69.6 Å². The minimum absolute atomic E-state index is 0.0881. The molecule has 2 rings (SSSR count). The second-order valence-corrected chi connectivity index (χ2v) is 7.73. The number of hydrogen-bond donors (Lipinski definition) is 3. The Morgan fingerprint density at radius 1 is 1.08 bits per heavy atom. The number of carbonyl (C=O) groups is 1. The molecule has 1 aromatic carbocycles. The van der Waals surface area contributed by atoms with E-state index in [4.69, 9.17) is 0 Å². The summed E-state index contributed by atoms with van der Waals surface area (Å²) in [6.07, 6.45) is 1.35. The zero-order chi connectivity index (χ0) is 18.4. The van der Waals surface area contributed by atoms with Crippen LogP contribution >= 0.6 is 0 Å². The largest absolute Gasteiger partial charge is 0.348 e. The first kappa shape index (κ1) is 18.9. The Bertz CT molecular complexity index is 866. The molecule has 0 atom stereocenters. The molecule has 0 spiro atoms. The smallest absolute Gasteiger partial charge is 0.253 e. The number of H-pyrrole nitrogens is 1. The fourth-order valence-electron chi connectivity index (χ4n) is 2.21. The van der Waals surface area contributed by atoms with Gasteiger partial charge in [-0.05, 0) is 31.0 Å². The Morgan fingerprint density at radius 3 is 2.28 bits per heavy atom. The third kappa shape index (κ3) is 6.17. The van der Waals surface area contributed by atoms with Gasteiger partial charge in [0.05, 0.1) is 11.3 Å². The van der Waals surface area contributed by atoms with Crippen molar-refractivity contribution in [2.45, 2.75) is 32.2 Å². The summed E-state index contributed by atoms with van der Waals surface area (Å²) in [6, 6.07) is 9.58. The van der Waals surface area contributed by atoms with Gasteiger partial charge in [-0.2, -0.15) is 0 Å². The zero-order valence-corrected chi connectivity index (χ0v) is 14.9. The fourth-order valence-corrected chi connectivity index (χ4v) is 3.64. The lowest BCUT2D eigenvalue weighted by molar-refractivity contribution is 0.0950. The molecule has 0 saturated carbocycles. The molecule has 0 aliphatic carbocycles. The average Bonchev–Trinajstić information content (AvgIpc) is 2.53. The van der Waals surface area contributed by atoms with Crippen molar-refractivity contribution in [3.8, 4) is 0 Å². The van der Waals surface area contributed by atoms with Gasteiger partial charge in [-0.1, -0.05) is 24.3 Å². The Hall–Kier alpha value is -2.45. The number of hydrogen-bond acceptors (Lipinski definition) is 4. The highest BCUT2D eigenvalue weighted by atomic mass is 32.2. The van der Waals surface area contributed by atoms with E-state index in [0.29, 0.717) is 17.7 Å². The van der Waals surface area contributed by atoms with E-state index in [1.54, 1.807) is 38.1 Å². The lowest BCUT2D eigenvalue weighted by Crippen LogP contribution is -2.31. The van der Waals surface area contributed by atoms with Gasteiger partial charge >= 0.3 is 0 Å². The molecule has 1 heterocycles. The summed E-state index contributed by atoms with van der Waals surface area (Å²) in [5.41, 5.74) is 1.61. The van der Waals surface area contributed by atoms with Crippen LogP contribution in [0.15, 0.2) is 47.4 Å². The molecule has 0 unspecified atom stereocenters. The SMILES string of the molecule is CC(C)NS(=O)(=O)Cc1ccc(CNC(=O)c2ccc(=O)[nH]c2)cc1. The fraction of sp³-hybridized carbons (Fsp3) is 0.294. The second-order valence-electron chi connectivity index (χ2n) is 5.97. The highest BCUT2D eigenvalue weighted by molar-refractivity contribution is 7.88. The lowest BCUT2D eigenvalue weighted by atomic mass is 10.1. The molecule has 25 heavy (non-hydrogen) atoms. The third-order valence-electron chi connectivity index (χ3n) is 3.29. The van der Waals surface area contributed by atoms with Gasteiger partial charge in [-0.15, -0.1) is 0 Å². The number of benzene rings is 1. The van der Waals surface area contributed by atoms with E-state index in [-0.39, 0.29) is 23.3 Å². The second kappa shape index (κ2) is 8.09. The Kier molecular flexibility index (Phi) is 6.11. The van der Waals surface area contributed by atoms with Crippen molar-refractivity contribution in [1.29, 1.82) is 0 Å². The first-order chi connectivity index (χ1) is 11.7. The van der Waals surface area contributed by atoms with Crippen LogP contribution in [-0.4, -0.2) is 25.4 Å². The van der Waals surface area contributed by atoms with Crippen molar-refractivity contribution in [3.63, 3.8) is 0 Å². The molecular weight excluding hydrogens is 342 g/mol. The molecule has 7 nitrogen and oxygen atoms in total. The summed E-state index contributed by atoms with van der Waals surface area (Å²) in [5, 5.41) is 2.74. The third-order valence-corrected chi connectivity index (χ3v) is 4.84. The molecule has 1 amide bonds. The molecule has 0 radical (unpaired) electrons. The van der Waals surface area contributed by atoms with Crippen LogP contribution in [0.2, 0.25) is 0 Å². The summed E-state index contributed by atoms with van der Waals surface area (Å²) in [5.74, 6) is -0.390. The van der Waals surface area contributed by atoms with E-state index in [9.17, 15) is 18.0 Å². The number of aromatic nitrogens is 1. The van der Waals surface area contributed by atoms with Gasteiger partial charge in [0.25, 0.3) is 5.91 Å². The molecular formula is C17H21N3O4S. The van der Waals surface area contributed by atoms with E-state index in [1.165, 1.54) is 18.3 Å². The summed E-state index contributed by atoms with van der Waals surface area (Å²) < 4.78 is 26.3. The maximum absolute atomic E-state index is 12.0. The topological polar surface area (TPSA) is 108 Å².